The second-order valence-corrected chi connectivity index (χ2v) is 11.4. The summed E-state index contributed by atoms with van der Waals surface area (Å²) in [7, 11) is -4.68. The van der Waals surface area contributed by atoms with Crippen LogP contribution in [0.25, 0.3) is 0 Å². The molecule has 2 saturated carbocycles. The number of sulfone groups is 1. The molecule has 0 aliphatic heterocycles. The van der Waals surface area contributed by atoms with E-state index >= 15 is 0 Å². The molecule has 3 rings (SSSR count). The quantitative estimate of drug-likeness (QED) is 0.528. The van der Waals surface area contributed by atoms with E-state index in [0.717, 1.165) is 12.1 Å². The van der Waals surface area contributed by atoms with Crippen molar-refractivity contribution in [3.05, 3.63) is 28.2 Å². The predicted octanol–water partition coefficient (Wildman–Crippen LogP) is 2.90. The fourth-order valence-electron chi connectivity index (χ4n) is 4.92. The van der Waals surface area contributed by atoms with Crippen molar-refractivity contribution in [3.63, 3.8) is 0 Å². The molecule has 0 spiro atoms. The van der Waals surface area contributed by atoms with Crippen LogP contribution in [0.3, 0.4) is 0 Å². The molecule has 2 aliphatic carbocycles. The highest BCUT2D eigenvalue weighted by Gasteiger charge is 2.75. The zero-order valence-corrected chi connectivity index (χ0v) is 19.6. The number of carbonyl (C=O) groups is 2. The number of nitriles is 1. The number of aliphatic carboxylic acids is 1. The number of carboxylic acids is 1. The Balaban J connectivity index is 2.12. The molecule has 2 aliphatic rings. The molecule has 180 valence electrons. The highest BCUT2D eigenvalue weighted by molar-refractivity contribution is 9.10. The first-order valence-electron chi connectivity index (χ1n) is 9.85. The van der Waals surface area contributed by atoms with Crippen LogP contribution in [0.5, 0.6) is 0 Å². The smallest absolute Gasteiger partial charge is 0.417 e. The maximum Gasteiger partial charge on any atom is 0.417 e. The molecular formula is C20H20BrF3N2O6S. The van der Waals surface area contributed by atoms with E-state index in [1.165, 1.54) is 0 Å². The topological polar surface area (TPSA) is 148 Å². The van der Waals surface area contributed by atoms with Gasteiger partial charge in [0.05, 0.1) is 27.9 Å². The van der Waals surface area contributed by atoms with E-state index in [2.05, 4.69) is 15.9 Å². The van der Waals surface area contributed by atoms with Gasteiger partial charge in [-0.3, -0.25) is 9.59 Å². The molecule has 0 saturated heterocycles. The maximum absolute atomic E-state index is 13.6. The van der Waals surface area contributed by atoms with Gasteiger partial charge in [0.15, 0.2) is 9.84 Å². The third kappa shape index (κ3) is 3.91. The number of carbonyl (C=O) groups excluding carboxylic acids is 1. The monoisotopic (exact) mass is 552 g/mol. The van der Waals surface area contributed by atoms with Crippen molar-refractivity contribution < 1.29 is 41.0 Å². The highest BCUT2D eigenvalue weighted by Crippen LogP contribution is 2.66. The predicted molar refractivity (Wildman–Crippen MR) is 110 cm³/mol. The van der Waals surface area contributed by atoms with E-state index in [1.54, 1.807) is 13.0 Å². The number of hydrogen-bond acceptors (Lipinski definition) is 6. The van der Waals surface area contributed by atoms with Gasteiger partial charge in [-0.1, -0.05) is 15.9 Å². The van der Waals surface area contributed by atoms with Crippen LogP contribution in [0.2, 0.25) is 0 Å². The summed E-state index contributed by atoms with van der Waals surface area (Å²) in [6, 6.07) is 4.35. The van der Waals surface area contributed by atoms with Gasteiger partial charge in [-0.15, -0.1) is 0 Å². The molecule has 2 unspecified atom stereocenters. The molecule has 0 heterocycles. The summed E-state index contributed by atoms with van der Waals surface area (Å²) in [5.41, 5.74) is 0.164. The standard InChI is InChI=1S/C20H20BrF3N2O6S/c1-2-32-15-6-11(7-19(15,17(28)29)14-8-18(14,9-25)16(26)27)33(30,31)13-4-3-10(21)5-12(13)20(22,23)24/h3-5,11,14-15H,2,6-8H2,1H3,(H2,26,27)(H,28,29)/t11-,14?,15-,18?,19-/m0/s1. The van der Waals surface area contributed by atoms with Gasteiger partial charge in [0.25, 0.3) is 0 Å². The van der Waals surface area contributed by atoms with Crippen LogP contribution >= 0.6 is 15.9 Å². The second-order valence-electron chi connectivity index (χ2n) is 8.24. The molecule has 3 N–H and O–H groups in total. The average molecular weight is 553 g/mol. The summed E-state index contributed by atoms with van der Waals surface area (Å²) >= 11 is 2.90. The first kappa shape index (κ1) is 25.5. The number of amides is 1. The van der Waals surface area contributed by atoms with E-state index in [9.17, 15) is 41.5 Å². The van der Waals surface area contributed by atoms with Crippen LogP contribution in [-0.2, 0) is 30.3 Å². The minimum Gasteiger partial charge on any atom is -0.481 e. The van der Waals surface area contributed by atoms with Gasteiger partial charge in [-0.2, -0.15) is 18.4 Å². The van der Waals surface area contributed by atoms with Gasteiger partial charge < -0.3 is 15.6 Å². The number of benzene rings is 1. The number of carboxylic acid groups (broad SMARTS) is 1. The average Bonchev–Trinajstić information content (AvgIpc) is 3.34. The van der Waals surface area contributed by atoms with Gasteiger partial charge >= 0.3 is 12.1 Å². The van der Waals surface area contributed by atoms with Crippen molar-refractivity contribution in [1.29, 1.82) is 5.26 Å². The Labute approximate surface area is 195 Å². The molecule has 1 aromatic carbocycles. The Hall–Kier alpha value is -2.17. The highest BCUT2D eigenvalue weighted by atomic mass is 79.9. The fourth-order valence-corrected chi connectivity index (χ4v) is 7.31. The summed E-state index contributed by atoms with van der Waals surface area (Å²) in [6.45, 7) is 1.53. The zero-order chi connectivity index (χ0) is 25.0. The molecule has 0 aromatic heterocycles. The largest absolute Gasteiger partial charge is 0.481 e. The van der Waals surface area contributed by atoms with Crippen LogP contribution in [0.4, 0.5) is 13.2 Å². The molecule has 13 heteroatoms. The van der Waals surface area contributed by atoms with Crippen LogP contribution in [0, 0.1) is 28.1 Å². The van der Waals surface area contributed by atoms with E-state index in [4.69, 9.17) is 10.5 Å². The molecule has 0 bridgehead atoms. The number of rotatable bonds is 7. The first-order valence-corrected chi connectivity index (χ1v) is 12.2. The van der Waals surface area contributed by atoms with Gasteiger partial charge in [0.2, 0.25) is 5.91 Å². The molecule has 33 heavy (non-hydrogen) atoms. The van der Waals surface area contributed by atoms with Crippen molar-refractivity contribution in [2.75, 3.05) is 6.61 Å². The van der Waals surface area contributed by atoms with Crippen molar-refractivity contribution in [1.82, 2.24) is 0 Å². The normalized spacial score (nSPS) is 31.7. The number of hydrogen-bond donors (Lipinski definition) is 2. The molecule has 1 amide bonds. The van der Waals surface area contributed by atoms with Crippen LogP contribution in [0.15, 0.2) is 27.6 Å². The Morgan fingerprint density at radius 2 is 2.00 bits per heavy atom. The van der Waals surface area contributed by atoms with Gasteiger partial charge in [-0.05, 0) is 44.4 Å². The summed E-state index contributed by atoms with van der Waals surface area (Å²) in [6.07, 6.45) is -7.46. The Kier molecular flexibility index (Phi) is 6.36. The molecular weight excluding hydrogens is 533 g/mol. The van der Waals surface area contributed by atoms with Gasteiger partial charge in [0, 0.05) is 17.0 Å². The Morgan fingerprint density at radius 3 is 2.45 bits per heavy atom. The Morgan fingerprint density at radius 1 is 1.36 bits per heavy atom. The third-order valence-corrected chi connectivity index (χ3v) is 9.30. The van der Waals surface area contributed by atoms with Crippen molar-refractivity contribution in [3.8, 4) is 6.07 Å². The minimum absolute atomic E-state index is 0.0125. The van der Waals surface area contributed by atoms with E-state index < -0.39 is 79.3 Å². The summed E-state index contributed by atoms with van der Waals surface area (Å²) in [5.74, 6) is -3.66. The number of nitrogens with two attached hydrogens (primary N) is 1. The van der Waals surface area contributed by atoms with E-state index in [1.807, 2.05) is 0 Å². The van der Waals surface area contributed by atoms with Crippen LogP contribution in [0.1, 0.15) is 31.7 Å². The lowest BCUT2D eigenvalue weighted by Gasteiger charge is -2.32. The van der Waals surface area contributed by atoms with Crippen molar-refractivity contribution in [2.24, 2.45) is 22.5 Å². The summed E-state index contributed by atoms with van der Waals surface area (Å²) in [4.78, 5) is 23.4. The van der Waals surface area contributed by atoms with E-state index in [0.29, 0.717) is 6.07 Å². The van der Waals surface area contributed by atoms with Crippen LogP contribution < -0.4 is 5.73 Å². The maximum atomic E-state index is 13.6. The van der Waals surface area contributed by atoms with Crippen LogP contribution in [-0.4, -0.2) is 43.4 Å². The SMILES string of the molecule is CCO[C@H]1C[C@H](S(=O)(=O)c2ccc(Br)cc2C(F)(F)F)C[C@]1(C(=O)O)C1CC1(C#N)C(N)=O. The number of primary amides is 1. The van der Waals surface area contributed by atoms with E-state index in [-0.39, 0.29) is 17.5 Å². The lowest BCUT2D eigenvalue weighted by atomic mass is 9.75. The second kappa shape index (κ2) is 8.25. The molecule has 2 fully saturated rings. The minimum atomic E-state index is -4.98. The Bertz CT molecular complexity index is 1150. The fraction of sp³-hybridized carbons (Fsp3) is 0.550. The third-order valence-electron chi connectivity index (χ3n) is 6.60. The molecule has 1 aromatic rings. The summed E-state index contributed by atoms with van der Waals surface area (Å²) in [5, 5.41) is 18.1. The summed E-state index contributed by atoms with van der Waals surface area (Å²) < 4.78 is 73.1. The lowest BCUT2D eigenvalue weighted by molar-refractivity contribution is -0.160. The first-order chi connectivity index (χ1) is 15.2. The molecule has 8 nitrogen and oxygen atoms in total. The number of halogens is 4. The van der Waals surface area contributed by atoms with Gasteiger partial charge in [0.1, 0.15) is 10.8 Å². The molecule has 5 atom stereocenters. The van der Waals surface area contributed by atoms with Gasteiger partial charge in [-0.25, -0.2) is 8.42 Å². The number of ether oxygens (including phenoxy) is 1. The number of nitrogens with zero attached hydrogens (tertiary/aromatic N) is 1. The van der Waals surface area contributed by atoms with Crippen molar-refractivity contribution >= 4 is 37.6 Å². The molecule has 0 radical (unpaired) electrons. The number of alkyl halides is 3. The lowest BCUT2D eigenvalue weighted by Crippen LogP contribution is -2.45. The zero-order valence-electron chi connectivity index (χ0n) is 17.2. The van der Waals surface area contributed by atoms with Crippen molar-refractivity contribution in [2.45, 2.75) is 48.6 Å².